The molecule has 0 spiro atoms. The molecule has 2 heterocycles. The number of anilines is 1. The lowest BCUT2D eigenvalue weighted by Crippen LogP contribution is -2.70. The molecular formula is C13H22N4. The van der Waals surface area contributed by atoms with Gasteiger partial charge in [0.1, 0.15) is 11.6 Å². The Morgan fingerprint density at radius 3 is 2.59 bits per heavy atom. The highest BCUT2D eigenvalue weighted by Gasteiger charge is 2.42. The molecule has 0 aliphatic carbocycles. The second-order valence-electron chi connectivity index (χ2n) is 5.36. The molecule has 1 aliphatic heterocycles. The Balaban J connectivity index is 2.13. The van der Waals surface area contributed by atoms with E-state index >= 15 is 0 Å². The van der Waals surface area contributed by atoms with Gasteiger partial charge < -0.3 is 10.6 Å². The van der Waals surface area contributed by atoms with Crippen LogP contribution < -0.4 is 10.6 Å². The fraction of sp³-hybridized carbons (Fsp3) is 0.692. The number of aromatic nitrogens is 2. The first-order valence-corrected chi connectivity index (χ1v) is 6.33. The van der Waals surface area contributed by atoms with E-state index in [9.17, 15) is 0 Å². The molecule has 0 saturated carbocycles. The monoisotopic (exact) mass is 234 g/mol. The van der Waals surface area contributed by atoms with Gasteiger partial charge in [-0.2, -0.15) is 0 Å². The van der Waals surface area contributed by atoms with Gasteiger partial charge in [-0.15, -0.1) is 0 Å². The molecule has 17 heavy (non-hydrogen) atoms. The van der Waals surface area contributed by atoms with Crippen molar-refractivity contribution in [2.24, 2.45) is 11.7 Å². The number of rotatable bonds is 3. The molecule has 0 radical (unpaired) electrons. The number of hydrogen-bond acceptors (Lipinski definition) is 4. The minimum atomic E-state index is -0.0504. The molecule has 1 saturated heterocycles. The molecule has 0 bridgehead atoms. The molecule has 1 aromatic rings. The average molecular weight is 234 g/mol. The smallest absolute Gasteiger partial charge is 0.132 e. The summed E-state index contributed by atoms with van der Waals surface area (Å²) in [7, 11) is 0. The van der Waals surface area contributed by atoms with Gasteiger partial charge >= 0.3 is 0 Å². The minimum absolute atomic E-state index is 0.0504. The molecule has 4 heteroatoms. The van der Waals surface area contributed by atoms with Gasteiger partial charge in [0.25, 0.3) is 0 Å². The first-order chi connectivity index (χ1) is 7.94. The molecule has 2 rings (SSSR count). The molecule has 1 aromatic heterocycles. The van der Waals surface area contributed by atoms with Crippen molar-refractivity contribution in [3.05, 3.63) is 17.6 Å². The highest BCUT2D eigenvalue weighted by Crippen LogP contribution is 2.30. The molecule has 1 aliphatic rings. The maximum Gasteiger partial charge on any atom is 0.132 e. The van der Waals surface area contributed by atoms with Gasteiger partial charge in [0.05, 0.1) is 5.54 Å². The zero-order valence-electron chi connectivity index (χ0n) is 11.2. The normalized spacial score (nSPS) is 18.4. The first-order valence-electron chi connectivity index (χ1n) is 6.33. The summed E-state index contributed by atoms with van der Waals surface area (Å²) in [6.45, 7) is 10.2. The topological polar surface area (TPSA) is 55.0 Å². The maximum atomic E-state index is 6.30. The summed E-state index contributed by atoms with van der Waals surface area (Å²) in [5.41, 5.74) is 7.35. The number of aryl methyl sites for hydroxylation is 2. The summed E-state index contributed by atoms with van der Waals surface area (Å²) < 4.78 is 0. The van der Waals surface area contributed by atoms with Gasteiger partial charge in [-0.05, 0) is 19.3 Å². The van der Waals surface area contributed by atoms with Crippen LogP contribution in [0.5, 0.6) is 0 Å². The zero-order chi connectivity index (χ0) is 12.6. The number of hydrogen-bond donors (Lipinski definition) is 1. The van der Waals surface area contributed by atoms with E-state index in [1.807, 2.05) is 6.92 Å². The zero-order valence-corrected chi connectivity index (χ0v) is 11.2. The minimum Gasteiger partial charge on any atom is -0.353 e. The van der Waals surface area contributed by atoms with Crippen LogP contribution in [0.25, 0.3) is 0 Å². The lowest BCUT2D eigenvalue weighted by molar-refractivity contribution is 0.243. The van der Waals surface area contributed by atoms with E-state index in [1.54, 1.807) is 0 Å². The lowest BCUT2D eigenvalue weighted by atomic mass is 9.80. The van der Waals surface area contributed by atoms with Crippen LogP contribution in [0.2, 0.25) is 0 Å². The Labute approximate surface area is 103 Å². The largest absolute Gasteiger partial charge is 0.353 e. The molecule has 1 fully saturated rings. The fourth-order valence-corrected chi connectivity index (χ4v) is 2.15. The Bertz CT molecular complexity index is 408. The summed E-state index contributed by atoms with van der Waals surface area (Å²) in [5, 5.41) is 0. The van der Waals surface area contributed by atoms with E-state index in [4.69, 9.17) is 5.73 Å². The third kappa shape index (κ3) is 2.27. The molecule has 94 valence electrons. The van der Waals surface area contributed by atoms with E-state index in [1.165, 1.54) is 0 Å². The molecular weight excluding hydrogens is 212 g/mol. The van der Waals surface area contributed by atoms with Gasteiger partial charge in [0.2, 0.25) is 0 Å². The van der Waals surface area contributed by atoms with Crippen molar-refractivity contribution in [3.63, 3.8) is 0 Å². The lowest BCUT2D eigenvalue weighted by Gasteiger charge is -2.51. The Kier molecular flexibility index (Phi) is 3.08. The molecule has 0 aromatic carbocycles. The highest BCUT2D eigenvalue weighted by atomic mass is 15.3. The van der Waals surface area contributed by atoms with Gasteiger partial charge in [-0.25, -0.2) is 9.97 Å². The third-order valence-electron chi connectivity index (χ3n) is 3.68. The molecule has 0 atom stereocenters. The summed E-state index contributed by atoms with van der Waals surface area (Å²) >= 11 is 0. The van der Waals surface area contributed by atoms with Crippen molar-refractivity contribution in [1.82, 2.24) is 9.97 Å². The third-order valence-corrected chi connectivity index (χ3v) is 3.68. The summed E-state index contributed by atoms with van der Waals surface area (Å²) in [6, 6.07) is 2.08. The molecule has 2 N–H and O–H groups in total. The summed E-state index contributed by atoms with van der Waals surface area (Å²) in [5.74, 6) is 2.38. The van der Waals surface area contributed by atoms with Crippen molar-refractivity contribution in [2.75, 3.05) is 18.0 Å². The van der Waals surface area contributed by atoms with Crippen LogP contribution in [0.15, 0.2) is 6.07 Å². The Hall–Kier alpha value is -1.16. The van der Waals surface area contributed by atoms with Gasteiger partial charge in [0, 0.05) is 24.8 Å². The van der Waals surface area contributed by atoms with Crippen LogP contribution in [0, 0.1) is 12.8 Å². The van der Waals surface area contributed by atoms with Gasteiger partial charge in [0.15, 0.2) is 0 Å². The van der Waals surface area contributed by atoms with Crippen LogP contribution in [-0.4, -0.2) is 28.6 Å². The van der Waals surface area contributed by atoms with E-state index in [0.717, 1.165) is 36.8 Å². The van der Waals surface area contributed by atoms with Crippen LogP contribution in [0.3, 0.4) is 0 Å². The number of nitrogens with two attached hydrogens (primary N) is 1. The Morgan fingerprint density at radius 2 is 2.06 bits per heavy atom. The van der Waals surface area contributed by atoms with Crippen LogP contribution in [0.4, 0.5) is 5.82 Å². The second kappa shape index (κ2) is 4.26. The standard InChI is InChI=1S/C13H22N4/c1-5-11-6-12(16-10(4)15-11)17-7-13(14,8-17)9(2)3/h6,9H,5,7-8,14H2,1-4H3. The second-order valence-corrected chi connectivity index (χ2v) is 5.36. The van der Waals surface area contributed by atoms with E-state index in [0.29, 0.717) is 5.92 Å². The maximum absolute atomic E-state index is 6.30. The summed E-state index contributed by atoms with van der Waals surface area (Å²) in [6.07, 6.45) is 0.947. The Morgan fingerprint density at radius 1 is 1.41 bits per heavy atom. The van der Waals surface area contributed by atoms with E-state index in [-0.39, 0.29) is 5.54 Å². The molecule has 4 nitrogen and oxygen atoms in total. The van der Waals surface area contributed by atoms with Crippen LogP contribution >= 0.6 is 0 Å². The van der Waals surface area contributed by atoms with E-state index < -0.39 is 0 Å². The van der Waals surface area contributed by atoms with Crippen molar-refractivity contribution in [2.45, 2.75) is 39.7 Å². The van der Waals surface area contributed by atoms with E-state index in [2.05, 4.69) is 41.7 Å². The fourth-order valence-electron chi connectivity index (χ4n) is 2.15. The predicted octanol–water partition coefficient (Wildman–Crippen LogP) is 1.52. The SMILES string of the molecule is CCc1cc(N2CC(N)(C(C)C)C2)nc(C)n1. The van der Waals surface area contributed by atoms with Crippen molar-refractivity contribution < 1.29 is 0 Å². The molecule has 0 amide bonds. The van der Waals surface area contributed by atoms with Crippen molar-refractivity contribution >= 4 is 5.82 Å². The van der Waals surface area contributed by atoms with Crippen LogP contribution in [-0.2, 0) is 6.42 Å². The highest BCUT2D eigenvalue weighted by molar-refractivity contribution is 5.45. The van der Waals surface area contributed by atoms with Gasteiger partial charge in [-0.1, -0.05) is 20.8 Å². The quantitative estimate of drug-likeness (QED) is 0.861. The van der Waals surface area contributed by atoms with Crippen LogP contribution in [0.1, 0.15) is 32.3 Å². The molecule has 0 unspecified atom stereocenters. The predicted molar refractivity (Wildman–Crippen MR) is 70.1 cm³/mol. The van der Waals surface area contributed by atoms with Crippen molar-refractivity contribution in [3.8, 4) is 0 Å². The summed E-state index contributed by atoms with van der Waals surface area (Å²) in [4.78, 5) is 11.1. The van der Waals surface area contributed by atoms with Gasteiger partial charge in [-0.3, -0.25) is 0 Å². The number of nitrogens with zero attached hydrogens (tertiary/aromatic N) is 3. The average Bonchev–Trinajstić information content (AvgIpc) is 2.23. The first kappa shape index (κ1) is 12.3. The van der Waals surface area contributed by atoms with Crippen molar-refractivity contribution in [1.29, 1.82) is 0 Å².